The Morgan fingerprint density at radius 3 is 2.61 bits per heavy atom. The number of halogens is 2. The molecule has 0 saturated heterocycles. The van der Waals surface area contributed by atoms with Gasteiger partial charge in [-0.3, -0.25) is 9.59 Å². The number of carbonyl (C=O) groups excluding carboxylic acids is 2. The van der Waals surface area contributed by atoms with E-state index in [9.17, 15) is 18.4 Å². The highest BCUT2D eigenvalue weighted by molar-refractivity contribution is 5.96. The van der Waals surface area contributed by atoms with E-state index in [-0.39, 0.29) is 31.4 Å². The van der Waals surface area contributed by atoms with E-state index >= 15 is 0 Å². The number of benzene rings is 1. The van der Waals surface area contributed by atoms with Crippen molar-refractivity contribution in [2.75, 3.05) is 6.61 Å². The van der Waals surface area contributed by atoms with E-state index in [2.05, 4.69) is 4.74 Å². The van der Waals surface area contributed by atoms with Crippen LogP contribution in [-0.2, 0) is 9.53 Å². The van der Waals surface area contributed by atoms with Crippen LogP contribution in [0.1, 0.15) is 36.5 Å². The van der Waals surface area contributed by atoms with E-state index in [0.717, 1.165) is 6.07 Å². The zero-order valence-corrected chi connectivity index (χ0v) is 10.0. The average Bonchev–Trinajstić information content (AvgIpc) is 2.33. The molecule has 0 aliphatic carbocycles. The third kappa shape index (κ3) is 3.91. The van der Waals surface area contributed by atoms with Crippen LogP contribution >= 0.6 is 0 Å². The topological polar surface area (TPSA) is 43.4 Å². The maximum Gasteiger partial charge on any atom is 0.305 e. The summed E-state index contributed by atoms with van der Waals surface area (Å²) in [5.74, 6) is -3.11. The Morgan fingerprint density at radius 2 is 1.94 bits per heavy atom. The van der Waals surface area contributed by atoms with Crippen molar-refractivity contribution in [3.05, 3.63) is 35.4 Å². The molecule has 1 aromatic rings. The number of rotatable bonds is 6. The van der Waals surface area contributed by atoms with Crippen LogP contribution in [0, 0.1) is 11.6 Å². The van der Waals surface area contributed by atoms with Crippen LogP contribution in [-0.4, -0.2) is 18.4 Å². The summed E-state index contributed by atoms with van der Waals surface area (Å²) < 4.78 is 30.8. The van der Waals surface area contributed by atoms with Gasteiger partial charge in [0.2, 0.25) is 0 Å². The second kappa shape index (κ2) is 6.83. The van der Waals surface area contributed by atoms with E-state index in [1.807, 2.05) is 0 Å². The van der Waals surface area contributed by atoms with Gasteiger partial charge in [-0.2, -0.15) is 0 Å². The summed E-state index contributed by atoms with van der Waals surface area (Å²) in [5, 5.41) is 0. The van der Waals surface area contributed by atoms with E-state index < -0.39 is 23.4 Å². The lowest BCUT2D eigenvalue weighted by atomic mass is 10.0. The van der Waals surface area contributed by atoms with Gasteiger partial charge in [-0.25, -0.2) is 8.78 Å². The predicted octanol–water partition coefficient (Wildman–Crippen LogP) is 2.88. The molecule has 1 aromatic carbocycles. The molecule has 0 aliphatic rings. The van der Waals surface area contributed by atoms with Crippen molar-refractivity contribution in [2.45, 2.75) is 26.2 Å². The quantitative estimate of drug-likeness (QED) is 0.580. The predicted molar refractivity (Wildman–Crippen MR) is 61.2 cm³/mol. The Morgan fingerprint density at radius 1 is 1.22 bits per heavy atom. The second-order valence-electron chi connectivity index (χ2n) is 3.68. The molecule has 0 bridgehead atoms. The minimum atomic E-state index is -1.14. The maximum absolute atomic E-state index is 13.3. The van der Waals surface area contributed by atoms with Gasteiger partial charge in [0.1, 0.15) is 0 Å². The molecule has 0 aromatic heterocycles. The summed E-state index contributed by atoms with van der Waals surface area (Å²) in [7, 11) is 0. The highest BCUT2D eigenvalue weighted by atomic mass is 19.2. The van der Waals surface area contributed by atoms with Gasteiger partial charge in [-0.1, -0.05) is 6.07 Å². The highest BCUT2D eigenvalue weighted by Crippen LogP contribution is 2.14. The number of carbonyl (C=O) groups is 2. The van der Waals surface area contributed by atoms with Gasteiger partial charge in [0.05, 0.1) is 12.2 Å². The van der Waals surface area contributed by atoms with Gasteiger partial charge in [0.15, 0.2) is 17.4 Å². The van der Waals surface area contributed by atoms with Gasteiger partial charge in [-0.15, -0.1) is 0 Å². The highest BCUT2D eigenvalue weighted by Gasteiger charge is 2.15. The molecule has 98 valence electrons. The molecule has 0 atom stereocenters. The van der Waals surface area contributed by atoms with Crippen molar-refractivity contribution in [2.24, 2.45) is 0 Å². The van der Waals surface area contributed by atoms with Crippen LogP contribution in [0.25, 0.3) is 0 Å². The summed E-state index contributed by atoms with van der Waals surface area (Å²) in [6, 6.07) is 3.45. The molecule has 0 unspecified atom stereocenters. The maximum atomic E-state index is 13.3. The summed E-state index contributed by atoms with van der Waals surface area (Å²) in [6.45, 7) is 1.97. The summed E-state index contributed by atoms with van der Waals surface area (Å²) in [5.41, 5.74) is -0.279. The molecule has 0 fully saturated rings. The average molecular weight is 256 g/mol. The SMILES string of the molecule is CCOC(=O)CCCC(=O)c1cccc(F)c1F. The van der Waals surface area contributed by atoms with Crippen molar-refractivity contribution in [3.63, 3.8) is 0 Å². The molecule has 0 amide bonds. The van der Waals surface area contributed by atoms with Gasteiger partial charge < -0.3 is 4.74 Å². The van der Waals surface area contributed by atoms with Gasteiger partial charge in [-0.05, 0) is 25.5 Å². The fourth-order valence-corrected chi connectivity index (χ4v) is 1.48. The first-order chi connectivity index (χ1) is 8.56. The smallest absolute Gasteiger partial charge is 0.305 e. The first-order valence-corrected chi connectivity index (χ1v) is 5.69. The van der Waals surface area contributed by atoms with Crippen molar-refractivity contribution in [3.8, 4) is 0 Å². The summed E-state index contributed by atoms with van der Waals surface area (Å²) >= 11 is 0. The van der Waals surface area contributed by atoms with Crippen LogP contribution in [0.5, 0.6) is 0 Å². The molecule has 0 radical (unpaired) electrons. The number of ether oxygens (including phenoxy) is 1. The Labute approximate surface area is 104 Å². The molecule has 18 heavy (non-hydrogen) atoms. The lowest BCUT2D eigenvalue weighted by Gasteiger charge is -2.03. The van der Waals surface area contributed by atoms with Crippen LogP contribution < -0.4 is 0 Å². The Bertz CT molecular complexity index is 444. The molecule has 0 spiro atoms. The second-order valence-corrected chi connectivity index (χ2v) is 3.68. The fraction of sp³-hybridized carbons (Fsp3) is 0.385. The van der Waals surface area contributed by atoms with Crippen molar-refractivity contribution < 1.29 is 23.1 Å². The van der Waals surface area contributed by atoms with E-state index in [1.165, 1.54) is 12.1 Å². The summed E-state index contributed by atoms with van der Waals surface area (Å²) in [6.07, 6.45) is 0.337. The molecule has 0 N–H and O–H groups in total. The first kappa shape index (κ1) is 14.3. The molecule has 1 rings (SSSR count). The van der Waals surface area contributed by atoms with E-state index in [1.54, 1.807) is 6.92 Å². The van der Waals surface area contributed by atoms with E-state index in [4.69, 9.17) is 0 Å². The van der Waals surface area contributed by atoms with Gasteiger partial charge >= 0.3 is 5.97 Å². The third-order valence-corrected chi connectivity index (χ3v) is 2.34. The molecule has 3 nitrogen and oxygen atoms in total. The first-order valence-electron chi connectivity index (χ1n) is 5.69. The van der Waals surface area contributed by atoms with Crippen LogP contribution in [0.15, 0.2) is 18.2 Å². The van der Waals surface area contributed by atoms with Crippen molar-refractivity contribution in [1.29, 1.82) is 0 Å². The van der Waals surface area contributed by atoms with Crippen molar-refractivity contribution >= 4 is 11.8 Å². The number of hydrogen-bond donors (Lipinski definition) is 0. The zero-order valence-electron chi connectivity index (χ0n) is 10.0. The molecule has 0 heterocycles. The molecule has 5 heteroatoms. The lowest BCUT2D eigenvalue weighted by Crippen LogP contribution is -2.07. The van der Waals surface area contributed by atoms with Gasteiger partial charge in [0.25, 0.3) is 0 Å². The molecular formula is C13H14F2O3. The normalized spacial score (nSPS) is 10.2. The number of hydrogen-bond acceptors (Lipinski definition) is 3. The Balaban J connectivity index is 2.51. The van der Waals surface area contributed by atoms with Gasteiger partial charge in [0, 0.05) is 12.8 Å². The number of Topliss-reactive ketones (excluding diaryl/α,β-unsaturated/α-hetero) is 1. The van der Waals surface area contributed by atoms with E-state index in [0.29, 0.717) is 0 Å². The standard InChI is InChI=1S/C13H14F2O3/c1-2-18-12(17)8-4-7-11(16)9-5-3-6-10(14)13(9)15/h3,5-6H,2,4,7-8H2,1H3. The van der Waals surface area contributed by atoms with Crippen molar-refractivity contribution in [1.82, 2.24) is 0 Å². The number of esters is 1. The van der Waals surface area contributed by atoms with Crippen LogP contribution in [0.3, 0.4) is 0 Å². The molecule has 0 saturated carbocycles. The Hall–Kier alpha value is -1.78. The Kier molecular flexibility index (Phi) is 5.42. The monoisotopic (exact) mass is 256 g/mol. The molecular weight excluding hydrogens is 242 g/mol. The third-order valence-electron chi connectivity index (χ3n) is 2.34. The summed E-state index contributed by atoms with van der Waals surface area (Å²) in [4.78, 5) is 22.6. The number of ketones is 1. The van der Waals surface area contributed by atoms with Crippen LogP contribution in [0.2, 0.25) is 0 Å². The molecule has 0 aliphatic heterocycles. The minimum absolute atomic E-state index is 0.0147. The van der Waals surface area contributed by atoms with Crippen LogP contribution in [0.4, 0.5) is 8.78 Å². The largest absolute Gasteiger partial charge is 0.466 e. The fourth-order valence-electron chi connectivity index (χ4n) is 1.48. The zero-order chi connectivity index (χ0) is 13.5. The lowest BCUT2D eigenvalue weighted by molar-refractivity contribution is -0.143. The minimum Gasteiger partial charge on any atom is -0.466 e.